The molecule has 82 valence electrons. The first-order chi connectivity index (χ1) is 6.91. The summed E-state index contributed by atoms with van der Waals surface area (Å²) in [6.07, 6.45) is -0.541. The Morgan fingerprint density at radius 3 is 2.13 bits per heavy atom. The van der Waals surface area contributed by atoms with Gasteiger partial charge in [0.1, 0.15) is 6.10 Å². The van der Waals surface area contributed by atoms with E-state index in [1.807, 2.05) is 20.8 Å². The van der Waals surface area contributed by atoms with Crippen LogP contribution >= 0.6 is 0 Å². The van der Waals surface area contributed by atoms with Gasteiger partial charge in [-0.2, -0.15) is 0 Å². The predicted molar refractivity (Wildman–Crippen MR) is 61.0 cm³/mol. The van der Waals surface area contributed by atoms with Gasteiger partial charge in [0.25, 0.3) is 0 Å². The van der Waals surface area contributed by atoms with Crippen molar-refractivity contribution in [1.29, 1.82) is 0 Å². The fourth-order valence-electron chi connectivity index (χ4n) is 1.81. The van der Waals surface area contributed by atoms with Gasteiger partial charge in [-0.1, -0.05) is 17.7 Å². The van der Waals surface area contributed by atoms with Crippen molar-refractivity contribution in [3.05, 3.63) is 34.4 Å². The average molecular weight is 206 g/mol. The summed E-state index contributed by atoms with van der Waals surface area (Å²) in [5, 5.41) is 9.17. The summed E-state index contributed by atoms with van der Waals surface area (Å²) in [5.74, 6) is -0.120. The van der Waals surface area contributed by atoms with Crippen molar-refractivity contribution in [2.45, 2.75) is 40.2 Å². The Labute approximate surface area is 90.9 Å². The van der Waals surface area contributed by atoms with Crippen LogP contribution in [-0.4, -0.2) is 17.0 Å². The summed E-state index contributed by atoms with van der Waals surface area (Å²) < 4.78 is 0. The predicted octanol–water partition coefficient (Wildman–Crippen LogP) is 2.10. The van der Waals surface area contributed by atoms with Gasteiger partial charge in [-0.15, -0.1) is 0 Å². The SMILES string of the molecule is Cc1cc(C)c(CC(=O)C(C)O)c(C)c1. The number of hydrogen-bond donors (Lipinski definition) is 1. The van der Waals surface area contributed by atoms with Gasteiger partial charge in [0.15, 0.2) is 5.78 Å². The molecular formula is C13H18O2. The van der Waals surface area contributed by atoms with Crippen molar-refractivity contribution >= 4 is 5.78 Å². The molecule has 0 spiro atoms. The highest BCUT2D eigenvalue weighted by molar-refractivity contribution is 5.85. The lowest BCUT2D eigenvalue weighted by atomic mass is 9.95. The first-order valence-electron chi connectivity index (χ1n) is 5.19. The van der Waals surface area contributed by atoms with E-state index >= 15 is 0 Å². The van der Waals surface area contributed by atoms with Crippen LogP contribution in [0.25, 0.3) is 0 Å². The van der Waals surface area contributed by atoms with Gasteiger partial charge in [0.2, 0.25) is 0 Å². The number of aliphatic hydroxyl groups is 1. The summed E-state index contributed by atoms with van der Waals surface area (Å²) in [6.45, 7) is 7.57. The lowest BCUT2D eigenvalue weighted by molar-refractivity contribution is -0.125. The third-order valence-electron chi connectivity index (χ3n) is 2.66. The summed E-state index contributed by atoms with van der Waals surface area (Å²) in [7, 11) is 0. The molecule has 0 saturated carbocycles. The molecule has 0 heterocycles. The Morgan fingerprint density at radius 1 is 1.27 bits per heavy atom. The molecule has 0 bridgehead atoms. The maximum atomic E-state index is 11.5. The molecule has 0 radical (unpaired) electrons. The van der Waals surface area contributed by atoms with E-state index in [-0.39, 0.29) is 5.78 Å². The van der Waals surface area contributed by atoms with Crippen molar-refractivity contribution in [1.82, 2.24) is 0 Å². The Balaban J connectivity index is 3.00. The van der Waals surface area contributed by atoms with Crippen LogP contribution in [0.3, 0.4) is 0 Å². The van der Waals surface area contributed by atoms with Gasteiger partial charge >= 0.3 is 0 Å². The molecule has 0 aliphatic heterocycles. The van der Waals surface area contributed by atoms with Crippen LogP contribution in [-0.2, 0) is 11.2 Å². The molecule has 0 aliphatic carbocycles. The van der Waals surface area contributed by atoms with Crippen LogP contribution < -0.4 is 0 Å². The minimum Gasteiger partial charge on any atom is -0.386 e. The Morgan fingerprint density at radius 2 is 1.73 bits per heavy atom. The summed E-state index contributed by atoms with van der Waals surface area (Å²) >= 11 is 0. The minimum atomic E-state index is -0.870. The standard InChI is InChI=1S/C13H18O2/c1-8-5-9(2)12(10(3)6-8)7-13(15)11(4)14/h5-6,11,14H,7H2,1-4H3. The molecule has 1 rings (SSSR count). The normalized spacial score (nSPS) is 12.6. The van der Waals surface area contributed by atoms with Crippen molar-refractivity contribution in [3.63, 3.8) is 0 Å². The first-order valence-corrected chi connectivity index (χ1v) is 5.19. The molecule has 2 heteroatoms. The largest absolute Gasteiger partial charge is 0.386 e. The van der Waals surface area contributed by atoms with Gasteiger partial charge < -0.3 is 5.11 Å². The number of carbonyl (C=O) groups excluding carboxylic acids is 1. The fraction of sp³-hybridized carbons (Fsp3) is 0.462. The lowest BCUT2D eigenvalue weighted by Gasteiger charge is -2.11. The second kappa shape index (κ2) is 4.58. The maximum Gasteiger partial charge on any atom is 0.165 e. The van der Waals surface area contributed by atoms with Crippen molar-refractivity contribution in [2.24, 2.45) is 0 Å². The second-order valence-corrected chi connectivity index (χ2v) is 4.20. The zero-order chi connectivity index (χ0) is 11.6. The minimum absolute atomic E-state index is 0.120. The third-order valence-corrected chi connectivity index (χ3v) is 2.66. The Hall–Kier alpha value is -1.15. The molecule has 1 N–H and O–H groups in total. The summed E-state index contributed by atoms with van der Waals surface area (Å²) in [5.41, 5.74) is 4.51. The molecule has 2 nitrogen and oxygen atoms in total. The van der Waals surface area contributed by atoms with Crippen LogP contribution in [0, 0.1) is 20.8 Å². The highest BCUT2D eigenvalue weighted by Crippen LogP contribution is 2.17. The first kappa shape index (κ1) is 11.9. The highest BCUT2D eigenvalue weighted by Gasteiger charge is 2.13. The van der Waals surface area contributed by atoms with E-state index in [2.05, 4.69) is 12.1 Å². The van der Waals surface area contributed by atoms with E-state index in [1.165, 1.54) is 12.5 Å². The van der Waals surface area contributed by atoms with Gasteiger partial charge in [-0.3, -0.25) is 4.79 Å². The average Bonchev–Trinajstić information content (AvgIpc) is 2.10. The number of hydrogen-bond acceptors (Lipinski definition) is 2. The summed E-state index contributed by atoms with van der Waals surface area (Å²) in [4.78, 5) is 11.5. The number of aliphatic hydroxyl groups excluding tert-OH is 1. The molecule has 15 heavy (non-hydrogen) atoms. The maximum absolute atomic E-state index is 11.5. The summed E-state index contributed by atoms with van der Waals surface area (Å²) in [6, 6.07) is 4.13. The van der Waals surface area contributed by atoms with E-state index in [9.17, 15) is 4.79 Å². The van der Waals surface area contributed by atoms with E-state index in [1.54, 1.807) is 0 Å². The Kier molecular flexibility index (Phi) is 3.64. The van der Waals surface area contributed by atoms with E-state index in [4.69, 9.17) is 5.11 Å². The second-order valence-electron chi connectivity index (χ2n) is 4.20. The Bertz CT molecular complexity index is 355. The number of ketones is 1. The lowest BCUT2D eigenvalue weighted by Crippen LogP contribution is -2.19. The molecule has 0 fully saturated rings. The van der Waals surface area contributed by atoms with E-state index in [0.717, 1.165) is 16.7 Å². The molecule has 0 aliphatic rings. The number of Topliss-reactive ketones (excluding diaryl/α,β-unsaturated/α-hetero) is 1. The van der Waals surface area contributed by atoms with Crippen molar-refractivity contribution in [3.8, 4) is 0 Å². The highest BCUT2D eigenvalue weighted by atomic mass is 16.3. The van der Waals surface area contributed by atoms with Gasteiger partial charge in [-0.25, -0.2) is 0 Å². The van der Waals surface area contributed by atoms with Gasteiger partial charge in [0.05, 0.1) is 0 Å². The number of benzene rings is 1. The van der Waals surface area contributed by atoms with Crippen LogP contribution in [0.15, 0.2) is 12.1 Å². The quantitative estimate of drug-likeness (QED) is 0.822. The molecular weight excluding hydrogens is 188 g/mol. The zero-order valence-electron chi connectivity index (χ0n) is 9.79. The van der Waals surface area contributed by atoms with Gasteiger partial charge in [0, 0.05) is 6.42 Å². The van der Waals surface area contributed by atoms with Crippen LogP contribution in [0.2, 0.25) is 0 Å². The fourth-order valence-corrected chi connectivity index (χ4v) is 1.81. The van der Waals surface area contributed by atoms with E-state index in [0.29, 0.717) is 6.42 Å². The monoisotopic (exact) mass is 206 g/mol. The smallest absolute Gasteiger partial charge is 0.165 e. The van der Waals surface area contributed by atoms with Crippen LogP contribution in [0.1, 0.15) is 29.2 Å². The molecule has 1 unspecified atom stereocenters. The number of rotatable bonds is 3. The molecule has 1 atom stereocenters. The molecule has 0 amide bonds. The van der Waals surface area contributed by atoms with Crippen LogP contribution in [0.5, 0.6) is 0 Å². The molecule has 0 saturated heterocycles. The topological polar surface area (TPSA) is 37.3 Å². The molecule has 0 aromatic heterocycles. The van der Waals surface area contributed by atoms with Crippen molar-refractivity contribution in [2.75, 3.05) is 0 Å². The molecule has 1 aromatic carbocycles. The zero-order valence-corrected chi connectivity index (χ0v) is 9.79. The van der Waals surface area contributed by atoms with Crippen molar-refractivity contribution < 1.29 is 9.90 Å². The number of carbonyl (C=O) groups is 1. The van der Waals surface area contributed by atoms with E-state index < -0.39 is 6.10 Å². The molecule has 1 aromatic rings. The van der Waals surface area contributed by atoms with Crippen LogP contribution in [0.4, 0.5) is 0 Å². The van der Waals surface area contributed by atoms with Gasteiger partial charge in [-0.05, 0) is 44.4 Å². The number of aryl methyl sites for hydroxylation is 3. The third kappa shape index (κ3) is 2.90.